The van der Waals surface area contributed by atoms with E-state index in [9.17, 15) is 5.11 Å². The average molecular weight is 295 g/mol. The Morgan fingerprint density at radius 1 is 0.955 bits per heavy atom. The molecule has 0 fully saturated rings. The quantitative estimate of drug-likeness (QED) is 0.801. The van der Waals surface area contributed by atoms with Crippen LogP contribution in [-0.2, 0) is 6.61 Å². The summed E-state index contributed by atoms with van der Waals surface area (Å²) in [4.78, 5) is 4.31. The number of benzene rings is 2. The topological polar surface area (TPSA) is 51.6 Å². The maximum atomic E-state index is 9.83. The molecule has 3 rings (SSSR count). The molecule has 0 saturated carbocycles. The van der Waals surface area contributed by atoms with E-state index in [1.807, 2.05) is 48.8 Å². The van der Waals surface area contributed by atoms with E-state index in [4.69, 9.17) is 9.47 Å². The van der Waals surface area contributed by atoms with Crippen molar-refractivity contribution in [3.63, 3.8) is 0 Å². The molecular weight excluding hydrogens is 278 g/mol. The lowest BCUT2D eigenvalue weighted by atomic mass is 9.96. The molecule has 0 amide bonds. The molecule has 3 aromatic rings. The third-order valence-electron chi connectivity index (χ3n) is 3.76. The molecule has 2 aromatic carbocycles. The molecule has 0 aliphatic rings. The Morgan fingerprint density at radius 2 is 1.77 bits per heavy atom. The molecule has 0 aliphatic carbocycles. The highest BCUT2D eigenvalue weighted by atomic mass is 16.5. The molecule has 1 heterocycles. The van der Waals surface area contributed by atoms with Gasteiger partial charge in [-0.15, -0.1) is 0 Å². The number of aliphatic hydroxyl groups excluding tert-OH is 1. The minimum Gasteiger partial charge on any atom is -0.493 e. The molecule has 0 atom stereocenters. The number of fused-ring (bicyclic) bond motifs is 1. The van der Waals surface area contributed by atoms with Gasteiger partial charge < -0.3 is 14.6 Å². The third kappa shape index (κ3) is 2.27. The number of rotatable bonds is 4. The maximum absolute atomic E-state index is 9.83. The van der Waals surface area contributed by atoms with E-state index in [1.54, 1.807) is 14.2 Å². The first-order chi connectivity index (χ1) is 10.8. The van der Waals surface area contributed by atoms with E-state index in [0.717, 1.165) is 21.9 Å². The van der Waals surface area contributed by atoms with Gasteiger partial charge in [0.25, 0.3) is 0 Å². The van der Waals surface area contributed by atoms with Crippen molar-refractivity contribution in [2.24, 2.45) is 0 Å². The Morgan fingerprint density at radius 3 is 2.50 bits per heavy atom. The minimum absolute atomic E-state index is 0.140. The van der Waals surface area contributed by atoms with E-state index in [0.29, 0.717) is 17.1 Å². The molecule has 0 unspecified atom stereocenters. The van der Waals surface area contributed by atoms with Crippen molar-refractivity contribution in [2.45, 2.75) is 6.61 Å². The van der Waals surface area contributed by atoms with Crippen LogP contribution in [0.5, 0.6) is 11.5 Å². The second-order valence-corrected chi connectivity index (χ2v) is 4.89. The van der Waals surface area contributed by atoms with Crippen molar-refractivity contribution in [3.05, 3.63) is 54.4 Å². The molecule has 0 spiro atoms. The summed E-state index contributed by atoms with van der Waals surface area (Å²) in [6, 6.07) is 11.8. The van der Waals surface area contributed by atoms with Crippen LogP contribution in [0.15, 0.2) is 48.8 Å². The fourth-order valence-corrected chi connectivity index (χ4v) is 2.73. The molecule has 0 aliphatic heterocycles. The lowest BCUT2D eigenvalue weighted by Crippen LogP contribution is -1.99. The second kappa shape index (κ2) is 6.03. The zero-order valence-corrected chi connectivity index (χ0v) is 12.5. The van der Waals surface area contributed by atoms with Crippen molar-refractivity contribution < 1.29 is 14.6 Å². The maximum Gasteiger partial charge on any atom is 0.166 e. The van der Waals surface area contributed by atoms with Crippen molar-refractivity contribution in [1.29, 1.82) is 0 Å². The molecule has 0 saturated heterocycles. The lowest BCUT2D eigenvalue weighted by molar-refractivity contribution is 0.270. The summed E-state index contributed by atoms with van der Waals surface area (Å²) in [5.41, 5.74) is 2.55. The van der Waals surface area contributed by atoms with E-state index in [-0.39, 0.29) is 6.61 Å². The van der Waals surface area contributed by atoms with E-state index in [2.05, 4.69) is 4.98 Å². The summed E-state index contributed by atoms with van der Waals surface area (Å²) in [7, 11) is 3.15. The Kier molecular flexibility index (Phi) is 3.94. The normalized spacial score (nSPS) is 10.7. The van der Waals surface area contributed by atoms with Gasteiger partial charge in [-0.25, -0.2) is 0 Å². The van der Waals surface area contributed by atoms with Crippen molar-refractivity contribution in [1.82, 2.24) is 4.98 Å². The predicted octanol–water partition coefficient (Wildman–Crippen LogP) is 3.41. The van der Waals surface area contributed by atoms with Gasteiger partial charge in [-0.3, -0.25) is 4.98 Å². The first-order valence-corrected chi connectivity index (χ1v) is 6.98. The molecular formula is C18H17NO3. The van der Waals surface area contributed by atoms with Gasteiger partial charge in [-0.1, -0.05) is 24.3 Å². The molecule has 1 aromatic heterocycles. The Bertz CT molecular complexity index is 809. The van der Waals surface area contributed by atoms with Crippen LogP contribution < -0.4 is 9.47 Å². The van der Waals surface area contributed by atoms with Crippen LogP contribution >= 0.6 is 0 Å². The van der Waals surface area contributed by atoms with E-state index < -0.39 is 0 Å². The summed E-state index contributed by atoms with van der Waals surface area (Å²) in [6.07, 6.45) is 3.64. The zero-order chi connectivity index (χ0) is 15.5. The van der Waals surface area contributed by atoms with Gasteiger partial charge in [0.2, 0.25) is 0 Å². The second-order valence-electron chi connectivity index (χ2n) is 4.89. The molecule has 4 heteroatoms. The van der Waals surface area contributed by atoms with Gasteiger partial charge in [-0.05, 0) is 23.1 Å². The minimum atomic E-state index is -0.140. The highest BCUT2D eigenvalue weighted by Crippen LogP contribution is 2.39. The zero-order valence-electron chi connectivity index (χ0n) is 12.5. The van der Waals surface area contributed by atoms with Crippen molar-refractivity contribution in [2.75, 3.05) is 14.2 Å². The first kappa shape index (κ1) is 14.4. The van der Waals surface area contributed by atoms with Crippen molar-refractivity contribution >= 4 is 10.8 Å². The van der Waals surface area contributed by atoms with Crippen LogP contribution in [-0.4, -0.2) is 24.3 Å². The van der Waals surface area contributed by atoms with Crippen LogP contribution in [0.25, 0.3) is 21.9 Å². The largest absolute Gasteiger partial charge is 0.493 e. The number of aliphatic hydroxyl groups is 1. The van der Waals surface area contributed by atoms with Crippen molar-refractivity contribution in [3.8, 4) is 22.6 Å². The summed E-state index contributed by atoms with van der Waals surface area (Å²) >= 11 is 0. The highest BCUT2D eigenvalue weighted by Gasteiger charge is 2.17. The molecule has 112 valence electrons. The van der Waals surface area contributed by atoms with Gasteiger partial charge in [0.05, 0.1) is 20.8 Å². The summed E-state index contributed by atoms with van der Waals surface area (Å²) in [5.74, 6) is 1.15. The van der Waals surface area contributed by atoms with Crippen LogP contribution in [0.2, 0.25) is 0 Å². The number of pyridine rings is 1. The molecule has 22 heavy (non-hydrogen) atoms. The first-order valence-electron chi connectivity index (χ1n) is 6.98. The average Bonchev–Trinajstić information content (AvgIpc) is 2.59. The number of ether oxygens (including phenoxy) is 2. The standard InChI is InChI=1S/C18H17NO3/c1-21-17-8-7-14(16(11-20)18(17)22-2)15-10-19-9-12-5-3-4-6-13(12)15/h3-10,20H,11H2,1-2H3. The van der Waals surface area contributed by atoms with Gasteiger partial charge in [0.1, 0.15) is 0 Å². The van der Waals surface area contributed by atoms with E-state index >= 15 is 0 Å². The summed E-state index contributed by atoms with van der Waals surface area (Å²) in [6.45, 7) is -0.140. The SMILES string of the molecule is COc1ccc(-c2cncc3ccccc23)c(CO)c1OC. The molecule has 0 bridgehead atoms. The molecule has 4 nitrogen and oxygen atoms in total. The van der Waals surface area contributed by atoms with E-state index in [1.165, 1.54) is 0 Å². The van der Waals surface area contributed by atoms with Gasteiger partial charge >= 0.3 is 0 Å². The Hall–Kier alpha value is -2.59. The number of hydrogen-bond acceptors (Lipinski definition) is 4. The van der Waals surface area contributed by atoms with Crippen LogP contribution in [0.1, 0.15) is 5.56 Å². The van der Waals surface area contributed by atoms with Crippen LogP contribution in [0.4, 0.5) is 0 Å². The number of aromatic nitrogens is 1. The molecule has 0 radical (unpaired) electrons. The smallest absolute Gasteiger partial charge is 0.166 e. The number of nitrogens with zero attached hydrogens (tertiary/aromatic N) is 1. The molecule has 1 N–H and O–H groups in total. The van der Waals surface area contributed by atoms with Gasteiger partial charge in [0, 0.05) is 28.9 Å². The van der Waals surface area contributed by atoms with Gasteiger partial charge in [-0.2, -0.15) is 0 Å². The predicted molar refractivity (Wildman–Crippen MR) is 86.2 cm³/mol. The summed E-state index contributed by atoms with van der Waals surface area (Å²) in [5, 5.41) is 12.0. The summed E-state index contributed by atoms with van der Waals surface area (Å²) < 4.78 is 10.7. The fraction of sp³-hybridized carbons (Fsp3) is 0.167. The lowest BCUT2D eigenvalue weighted by Gasteiger charge is -2.16. The Balaban J connectivity index is 2.31. The van der Waals surface area contributed by atoms with Gasteiger partial charge in [0.15, 0.2) is 11.5 Å². The number of methoxy groups -OCH3 is 2. The Labute approximate surface area is 129 Å². The number of hydrogen-bond donors (Lipinski definition) is 1. The third-order valence-corrected chi connectivity index (χ3v) is 3.76. The van der Waals surface area contributed by atoms with Crippen LogP contribution in [0.3, 0.4) is 0 Å². The highest BCUT2D eigenvalue weighted by molar-refractivity contribution is 5.97. The fourth-order valence-electron chi connectivity index (χ4n) is 2.73. The monoisotopic (exact) mass is 295 g/mol. The van der Waals surface area contributed by atoms with Crippen LogP contribution in [0, 0.1) is 0 Å².